The van der Waals surface area contributed by atoms with Crippen LogP contribution < -0.4 is 14.5 Å². The van der Waals surface area contributed by atoms with Gasteiger partial charge in [0, 0.05) is 40.3 Å². The predicted molar refractivity (Wildman–Crippen MR) is 597 cm³/mol. The van der Waals surface area contributed by atoms with Gasteiger partial charge in [0.15, 0.2) is 5.60 Å². The molecule has 7 fully saturated rings. The van der Waals surface area contributed by atoms with Gasteiger partial charge in [-0.05, 0) is 253 Å². The molecular formula is C116H177Cl6F3MoN3O3P2Ru3-. The van der Waals surface area contributed by atoms with Gasteiger partial charge in [-0.1, -0.05) is 73.9 Å². The summed E-state index contributed by atoms with van der Waals surface area (Å²) in [7, 11) is 34.2. The number of halogens is 9. The average molecular weight is 2390 g/mol. The Bertz CT molecular complexity index is 4360. The fourth-order valence-corrected chi connectivity index (χ4v) is 37.9. The van der Waals surface area contributed by atoms with Crippen LogP contribution in [-0.4, -0.2) is 99.0 Å². The van der Waals surface area contributed by atoms with Crippen molar-refractivity contribution in [1.29, 1.82) is 0 Å². The van der Waals surface area contributed by atoms with E-state index in [2.05, 4.69) is 185 Å². The van der Waals surface area contributed by atoms with Crippen LogP contribution in [0.3, 0.4) is 0 Å². The molecule has 0 aromatic heterocycles. The van der Waals surface area contributed by atoms with Crippen LogP contribution in [0.1, 0.15) is 387 Å². The Labute approximate surface area is 883 Å². The molecule has 2 N–H and O–H groups in total. The van der Waals surface area contributed by atoms with Gasteiger partial charge in [0.1, 0.15) is 0 Å². The average Bonchev–Trinajstić information content (AvgIpc) is 1.61. The molecule has 1 aliphatic heterocycles. The number of nitrogens with zero attached hydrogens (tertiary/aromatic N) is 3. The van der Waals surface area contributed by atoms with E-state index in [9.17, 15) is 13.2 Å². The van der Waals surface area contributed by atoms with E-state index < -0.39 is 75.9 Å². The minimum atomic E-state index is -4.51. The van der Waals surface area contributed by atoms with Gasteiger partial charge in [-0.25, -0.2) is 0 Å². The Balaban J connectivity index is 0.000000332. The number of aliphatic hydroxyl groups is 2. The summed E-state index contributed by atoms with van der Waals surface area (Å²) < 4.78 is 53.0. The van der Waals surface area contributed by atoms with Crippen molar-refractivity contribution in [2.75, 3.05) is 22.9 Å². The molecule has 6 aliphatic carbocycles. The van der Waals surface area contributed by atoms with Crippen molar-refractivity contribution in [3.05, 3.63) is 246 Å². The zero-order valence-electron chi connectivity index (χ0n) is 87.7. The van der Waals surface area contributed by atoms with Crippen molar-refractivity contribution >= 4 is 109 Å². The van der Waals surface area contributed by atoms with E-state index >= 15 is 0 Å². The standard InChI is InChI=1S/C21H27N2.2C18H33P.C15H23N.C10H12O.C10H12.2C7H6.C4H7F3O.C4H10O.2CH3.6ClH.Mo.3Ru/c1-14-9-16(3)20(17(4)10-14)22-7-8-23(13-22)21-18(5)11-15(2)12-19(21)6;2*1-4-10-16(11-5-1)19(17-12-6-2-7-13-17)18-14-8-3-9-15-18;1-9(2)12-7-13(10(3)4)15(16)14(8-12)11(5)6;1-8(2)11-10-7-5-4-6-9(10)3;1-10(2,3)9-7-5-4-6-8-9;2*1-7-5-3-2-4-6-7;1-3(2,8)4(5,6)7;1-4(2,3)5;;;;;;;;;;;;/h9-13H,7-8H2,1-6H3;2*16-18H,1-15H2;7-11H,1-6H3;3-8H,1-2H3;1,4-8H,2-3H3;2*1-6H;8H,1-2H3;5H,1-3H3;2*1H3;6*1H;;;;/q-1;;;;;;;;;;2*-1;;;;;;;;3*+2/p-4. The Morgan fingerprint density at radius 1 is 0.416 bits per heavy atom. The van der Waals surface area contributed by atoms with E-state index in [1.54, 1.807) is 213 Å². The van der Waals surface area contributed by atoms with Gasteiger partial charge in [-0.15, -0.1) is 0 Å². The third-order valence-corrected chi connectivity index (χ3v) is 43.5. The zero-order valence-corrected chi connectivity index (χ0v) is 101. The van der Waals surface area contributed by atoms with E-state index in [0.29, 0.717) is 31.6 Å². The molecule has 778 valence electrons. The van der Waals surface area contributed by atoms with Crippen molar-refractivity contribution in [3.8, 4) is 5.75 Å². The van der Waals surface area contributed by atoms with Crippen LogP contribution in [0, 0.1) is 63.1 Å². The third-order valence-electron chi connectivity index (χ3n) is 26.4. The van der Waals surface area contributed by atoms with Gasteiger partial charge in [-0.3, -0.25) is 0 Å². The molecule has 0 radical (unpaired) electrons. The van der Waals surface area contributed by atoms with Gasteiger partial charge < -0.3 is 34.9 Å². The molecule has 6 saturated carbocycles. The molecule has 7 aromatic rings. The second kappa shape index (κ2) is 66.4. The van der Waals surface area contributed by atoms with Crippen LogP contribution in [0.4, 0.5) is 30.2 Å². The summed E-state index contributed by atoms with van der Waals surface area (Å²) in [4.78, 5) is 4.81. The van der Waals surface area contributed by atoms with Crippen molar-refractivity contribution in [2.24, 2.45) is 3.50 Å². The van der Waals surface area contributed by atoms with Crippen molar-refractivity contribution in [1.82, 2.24) is 0 Å². The summed E-state index contributed by atoms with van der Waals surface area (Å²) in [5, 5.41) is 16.8. The van der Waals surface area contributed by atoms with Gasteiger partial charge in [0.25, 0.3) is 0 Å². The molecule has 1 heterocycles. The van der Waals surface area contributed by atoms with E-state index in [1.807, 2.05) is 113 Å². The molecule has 0 spiro atoms. The summed E-state index contributed by atoms with van der Waals surface area (Å²) in [6.45, 7) is 46.5. The predicted octanol–water partition coefficient (Wildman–Crippen LogP) is 37.2. The van der Waals surface area contributed by atoms with Gasteiger partial charge >= 0.3 is 426 Å². The number of alkyl halides is 3. The fraction of sp³-hybridized carbons (Fsp3) is 0.578. The van der Waals surface area contributed by atoms with Gasteiger partial charge in [0.2, 0.25) is 0 Å². The Hall–Kier alpha value is -1.91. The molecular weight excluding hydrogens is 2210 g/mol. The van der Waals surface area contributed by atoms with Crippen LogP contribution in [0.5, 0.6) is 5.75 Å². The molecule has 1 saturated heterocycles. The molecule has 14 rings (SSSR count). The molecule has 137 heavy (non-hydrogen) atoms. The number of benzene rings is 7. The number of hydrogen-bond donors (Lipinski definition) is 2. The molecule has 0 bridgehead atoms. The summed E-state index contributed by atoms with van der Waals surface area (Å²) in [5.41, 5.74) is 25.3. The van der Waals surface area contributed by atoms with Gasteiger partial charge in [0.05, 0.1) is 39.6 Å². The second-order valence-electron chi connectivity index (χ2n) is 41.6. The van der Waals surface area contributed by atoms with E-state index in [-0.39, 0.29) is 42.2 Å². The minimum absolute atomic E-state index is 0. The first kappa shape index (κ1) is 127. The van der Waals surface area contributed by atoms with Crippen molar-refractivity contribution < 1.29 is 86.6 Å². The quantitative estimate of drug-likeness (QED) is 0.0480. The molecule has 21 heteroatoms. The molecule has 6 nitrogen and oxygen atoms in total. The maximum atomic E-state index is 11.3. The Kier molecular flexibility index (Phi) is 61.8. The Morgan fingerprint density at radius 2 is 0.693 bits per heavy atom. The topological polar surface area (TPSA) is 68.5 Å². The summed E-state index contributed by atoms with van der Waals surface area (Å²) in [6.07, 6.45) is 43.2. The van der Waals surface area contributed by atoms with Crippen molar-refractivity contribution in [2.45, 2.75) is 419 Å². The van der Waals surface area contributed by atoms with Crippen molar-refractivity contribution in [3.63, 3.8) is 0 Å². The number of anilines is 2. The third kappa shape index (κ3) is 48.3. The number of ether oxygens (including phenoxy) is 1. The fourth-order valence-electron chi connectivity index (χ4n) is 20.1. The monoisotopic (exact) mass is 2390 g/mol. The maximum absolute atomic E-state index is 11.3. The number of hydrogen-bond acceptors (Lipinski definition) is 6. The molecule has 7 aliphatic rings. The first-order valence-corrected chi connectivity index (χ1v) is 72.4. The van der Waals surface area contributed by atoms with Crippen LogP contribution in [0.25, 0.3) is 0 Å². The summed E-state index contributed by atoms with van der Waals surface area (Å²) in [6, 6.07) is 52.3. The van der Waals surface area contributed by atoms with E-state index in [0.717, 1.165) is 35.5 Å². The molecule has 7 aromatic carbocycles. The SMILES string of the molecule is C1CCC([PH+](C2CCCCC2)C2CCCCC2)CC1.C1CCC([PH+](C2CCCCC2)C2CCCCC2)CC1.CC(C)(C)O.CC(C)(O)C(F)(F)F.CC(C)Oc1ccccc1[CH]=[Ru]([Cl])[Cl].CC(C)c1cc(C(C)C)c([N]=[Mo]=[CH]C(C)(C)c2ccccc2)c(C(C)C)c1.Cc1cc(C)c(N2[CH-]N(c3c(C)cc(C)cc3C)CC2)c(C)c1.[CH3-].[CH3-].[Cl][Ru]([Cl])=[CH]c1ccccc1.[Cl][Ru]([Cl])=[CH]c1ccccc1. The Morgan fingerprint density at radius 3 is 0.956 bits per heavy atom. The molecule has 0 atom stereocenters. The number of rotatable bonds is 19. The second-order valence-corrected chi connectivity index (χ2v) is 67.2. The van der Waals surface area contributed by atoms with Crippen LogP contribution in [0.2, 0.25) is 0 Å². The van der Waals surface area contributed by atoms with E-state index in [1.165, 1.54) is 107 Å². The molecule has 0 amide bonds. The molecule has 0 unspecified atom stereocenters. The van der Waals surface area contributed by atoms with Crippen LogP contribution in [-0.2, 0) is 63.9 Å². The summed E-state index contributed by atoms with van der Waals surface area (Å²) in [5.74, 6) is 2.39. The normalized spacial score (nSPS) is 16.8. The number of para-hydroxylation sites is 1. The zero-order chi connectivity index (χ0) is 99.6. The first-order chi connectivity index (χ1) is 63.8. The van der Waals surface area contributed by atoms with Crippen LogP contribution in [0.15, 0.2) is 155 Å². The number of aryl methyl sites for hydroxylation is 6. The van der Waals surface area contributed by atoms with E-state index in [4.69, 9.17) is 76.6 Å². The van der Waals surface area contributed by atoms with Crippen LogP contribution >= 0.6 is 74.0 Å². The first-order valence-electron chi connectivity index (χ1n) is 50.4. The van der Waals surface area contributed by atoms with Gasteiger partial charge in [-0.2, -0.15) is 19.8 Å². The summed E-state index contributed by atoms with van der Waals surface area (Å²) >= 11 is -5.58.